The number of rotatable bonds is 6. The molecule has 1 fully saturated rings. The third-order valence-electron chi connectivity index (χ3n) is 4.99. The van der Waals surface area contributed by atoms with E-state index in [-0.39, 0.29) is 30.7 Å². The van der Waals surface area contributed by atoms with Crippen LogP contribution >= 0.6 is 34.8 Å². The molecule has 3 rings (SSSR count). The fourth-order valence-corrected chi connectivity index (χ4v) is 5.72. The number of piperidine rings is 1. The zero-order valence-electron chi connectivity index (χ0n) is 16.2. The number of hydrogen-bond acceptors (Lipinski definition) is 4. The molecule has 0 saturated carbocycles. The number of halogens is 3. The molecule has 1 N–H and O–H groups in total. The summed E-state index contributed by atoms with van der Waals surface area (Å²) in [4.78, 5) is 12.6. The topological polar surface area (TPSA) is 75.7 Å². The van der Waals surface area contributed by atoms with Crippen LogP contribution in [0.1, 0.15) is 18.4 Å². The maximum absolute atomic E-state index is 12.8. The smallest absolute Gasteiger partial charge is 0.227 e. The van der Waals surface area contributed by atoms with E-state index in [0.29, 0.717) is 44.9 Å². The predicted octanol–water partition coefficient (Wildman–Crippen LogP) is 4.84. The van der Waals surface area contributed by atoms with Gasteiger partial charge in [-0.1, -0.05) is 40.9 Å². The first-order valence-electron chi connectivity index (χ1n) is 9.26. The van der Waals surface area contributed by atoms with E-state index in [9.17, 15) is 13.2 Å². The highest BCUT2D eigenvalue weighted by Gasteiger charge is 2.31. The second-order valence-electron chi connectivity index (χ2n) is 7.00. The van der Waals surface area contributed by atoms with Crippen LogP contribution in [0.25, 0.3) is 0 Å². The molecule has 0 atom stereocenters. The van der Waals surface area contributed by atoms with Crippen molar-refractivity contribution in [2.75, 3.05) is 25.5 Å². The average Bonchev–Trinajstić information content (AvgIpc) is 2.70. The number of nitrogens with zero attached hydrogens (tertiary/aromatic N) is 1. The molecule has 10 heteroatoms. The van der Waals surface area contributed by atoms with E-state index in [1.807, 2.05) is 0 Å². The van der Waals surface area contributed by atoms with Gasteiger partial charge in [-0.15, -0.1) is 0 Å². The minimum absolute atomic E-state index is 0.158. The second kappa shape index (κ2) is 9.75. The van der Waals surface area contributed by atoms with Crippen molar-refractivity contribution in [3.05, 3.63) is 57.0 Å². The third kappa shape index (κ3) is 5.59. The number of sulfonamides is 1. The van der Waals surface area contributed by atoms with Crippen molar-refractivity contribution in [3.8, 4) is 5.75 Å². The maximum atomic E-state index is 12.8. The largest absolute Gasteiger partial charge is 0.495 e. The minimum Gasteiger partial charge on any atom is -0.495 e. The first kappa shape index (κ1) is 23.2. The van der Waals surface area contributed by atoms with Gasteiger partial charge in [-0.25, -0.2) is 12.7 Å². The highest BCUT2D eigenvalue weighted by molar-refractivity contribution is 7.88. The lowest BCUT2D eigenvalue weighted by Gasteiger charge is -2.30. The van der Waals surface area contributed by atoms with E-state index in [1.165, 1.54) is 17.5 Å². The summed E-state index contributed by atoms with van der Waals surface area (Å²) in [7, 11) is -2.03. The SMILES string of the molecule is COc1ccc(NC(=O)C2CCN(S(=O)(=O)Cc3ccc(Cl)cc3Cl)CC2)cc1Cl. The lowest BCUT2D eigenvalue weighted by Crippen LogP contribution is -2.41. The van der Waals surface area contributed by atoms with Gasteiger partial charge in [0.1, 0.15) is 5.75 Å². The first-order chi connectivity index (χ1) is 14.2. The number of nitrogens with one attached hydrogen (secondary N) is 1. The summed E-state index contributed by atoms with van der Waals surface area (Å²) in [5.74, 6) is -0.121. The average molecular weight is 492 g/mol. The fraction of sp³-hybridized carbons (Fsp3) is 0.350. The summed E-state index contributed by atoms with van der Waals surface area (Å²) < 4.78 is 32.0. The molecule has 1 aliphatic rings. The highest BCUT2D eigenvalue weighted by atomic mass is 35.5. The molecule has 0 bridgehead atoms. The molecule has 1 amide bonds. The number of amides is 1. The molecule has 1 heterocycles. The van der Waals surface area contributed by atoms with Crippen LogP contribution in [0, 0.1) is 5.92 Å². The first-order valence-corrected chi connectivity index (χ1v) is 12.0. The number of anilines is 1. The molecule has 6 nitrogen and oxygen atoms in total. The van der Waals surface area contributed by atoms with Gasteiger partial charge in [0, 0.05) is 34.7 Å². The number of methoxy groups -OCH3 is 1. The Morgan fingerprint density at radius 1 is 1.10 bits per heavy atom. The Morgan fingerprint density at radius 2 is 1.80 bits per heavy atom. The molecule has 0 aliphatic carbocycles. The van der Waals surface area contributed by atoms with Gasteiger partial charge in [0.25, 0.3) is 0 Å². The molecule has 0 radical (unpaired) electrons. The molecule has 0 spiro atoms. The van der Waals surface area contributed by atoms with Gasteiger partial charge >= 0.3 is 0 Å². The molecular weight excluding hydrogens is 471 g/mol. The van der Waals surface area contributed by atoms with Gasteiger partial charge < -0.3 is 10.1 Å². The van der Waals surface area contributed by atoms with Gasteiger partial charge in [-0.2, -0.15) is 0 Å². The Labute approximate surface area is 191 Å². The van der Waals surface area contributed by atoms with Crippen molar-refractivity contribution in [1.82, 2.24) is 4.31 Å². The number of carbonyl (C=O) groups is 1. The Kier molecular flexibility index (Phi) is 7.52. The van der Waals surface area contributed by atoms with Crippen molar-refractivity contribution in [1.29, 1.82) is 0 Å². The Morgan fingerprint density at radius 3 is 2.40 bits per heavy atom. The van der Waals surface area contributed by atoms with Gasteiger partial charge in [0.2, 0.25) is 15.9 Å². The molecule has 162 valence electrons. The molecule has 2 aromatic carbocycles. The van der Waals surface area contributed by atoms with E-state index in [0.717, 1.165) is 0 Å². The summed E-state index contributed by atoms with van der Waals surface area (Å²) in [6, 6.07) is 9.75. The van der Waals surface area contributed by atoms with Crippen molar-refractivity contribution >= 4 is 56.4 Å². The zero-order chi connectivity index (χ0) is 21.9. The third-order valence-corrected chi connectivity index (χ3v) is 7.70. The van der Waals surface area contributed by atoms with E-state index in [2.05, 4.69) is 5.32 Å². The molecule has 2 aromatic rings. The molecular formula is C20H21Cl3N2O4S. The summed E-state index contributed by atoms with van der Waals surface area (Å²) >= 11 is 18.1. The van der Waals surface area contributed by atoms with Crippen LogP contribution < -0.4 is 10.1 Å². The van der Waals surface area contributed by atoms with Gasteiger partial charge in [-0.3, -0.25) is 4.79 Å². The summed E-state index contributed by atoms with van der Waals surface area (Å²) in [6.45, 7) is 0.546. The lowest BCUT2D eigenvalue weighted by atomic mass is 9.97. The van der Waals surface area contributed by atoms with E-state index >= 15 is 0 Å². The normalized spacial score (nSPS) is 15.7. The van der Waals surface area contributed by atoms with Crippen LogP contribution in [0.2, 0.25) is 15.1 Å². The van der Waals surface area contributed by atoms with Crippen molar-refractivity contribution in [2.45, 2.75) is 18.6 Å². The van der Waals surface area contributed by atoms with Crippen molar-refractivity contribution in [3.63, 3.8) is 0 Å². The summed E-state index contributed by atoms with van der Waals surface area (Å²) in [5.41, 5.74) is 1.07. The van der Waals surface area contributed by atoms with E-state index in [1.54, 1.807) is 30.3 Å². The van der Waals surface area contributed by atoms with E-state index < -0.39 is 10.0 Å². The lowest BCUT2D eigenvalue weighted by molar-refractivity contribution is -0.120. The molecule has 1 aliphatic heterocycles. The zero-order valence-corrected chi connectivity index (χ0v) is 19.3. The summed E-state index contributed by atoms with van der Waals surface area (Å²) in [5, 5.41) is 4.00. The Hall–Kier alpha value is -1.51. The Bertz CT molecular complexity index is 1040. The van der Waals surface area contributed by atoms with Crippen LogP contribution in [0.15, 0.2) is 36.4 Å². The maximum Gasteiger partial charge on any atom is 0.227 e. The van der Waals surface area contributed by atoms with Crippen LogP contribution in [0.3, 0.4) is 0 Å². The predicted molar refractivity (Wildman–Crippen MR) is 120 cm³/mol. The molecule has 30 heavy (non-hydrogen) atoms. The molecule has 1 saturated heterocycles. The van der Waals surface area contributed by atoms with Gasteiger partial charge in [0.15, 0.2) is 0 Å². The second-order valence-corrected chi connectivity index (χ2v) is 10.2. The van der Waals surface area contributed by atoms with Crippen LogP contribution in [0.5, 0.6) is 5.75 Å². The minimum atomic E-state index is -3.55. The van der Waals surface area contributed by atoms with Crippen molar-refractivity contribution < 1.29 is 17.9 Å². The van der Waals surface area contributed by atoms with Crippen molar-refractivity contribution in [2.24, 2.45) is 5.92 Å². The number of ether oxygens (including phenoxy) is 1. The van der Waals surface area contributed by atoms with Crippen LogP contribution in [-0.2, 0) is 20.6 Å². The molecule has 0 unspecified atom stereocenters. The van der Waals surface area contributed by atoms with Gasteiger partial charge in [-0.05, 0) is 48.7 Å². The van der Waals surface area contributed by atoms with E-state index in [4.69, 9.17) is 39.5 Å². The van der Waals surface area contributed by atoms with Crippen LogP contribution in [0.4, 0.5) is 5.69 Å². The fourth-order valence-electron chi connectivity index (χ4n) is 3.31. The van der Waals surface area contributed by atoms with Crippen LogP contribution in [-0.4, -0.2) is 38.8 Å². The quantitative estimate of drug-likeness (QED) is 0.627. The number of carbonyl (C=O) groups excluding carboxylic acids is 1. The Balaban J connectivity index is 1.58. The van der Waals surface area contributed by atoms with Gasteiger partial charge in [0.05, 0.1) is 17.9 Å². The standard InChI is InChI=1S/C20H21Cl3N2O4S/c1-29-19-5-4-16(11-18(19)23)24-20(26)13-6-8-25(9-7-13)30(27,28)12-14-2-3-15(21)10-17(14)22/h2-5,10-11,13H,6-9,12H2,1H3,(H,24,26). The molecule has 0 aromatic heterocycles. The number of benzene rings is 2. The highest BCUT2D eigenvalue weighted by Crippen LogP contribution is 2.29. The summed E-state index contributed by atoms with van der Waals surface area (Å²) in [6.07, 6.45) is 0.868. The monoisotopic (exact) mass is 490 g/mol. The number of hydrogen-bond donors (Lipinski definition) is 1.